The third-order valence-electron chi connectivity index (χ3n) is 5.69. The summed E-state index contributed by atoms with van der Waals surface area (Å²) in [7, 11) is 0. The van der Waals surface area contributed by atoms with Crippen molar-refractivity contribution in [2.24, 2.45) is 5.10 Å². The van der Waals surface area contributed by atoms with Crippen molar-refractivity contribution in [1.29, 1.82) is 0 Å². The zero-order valence-electron chi connectivity index (χ0n) is 21.6. The van der Waals surface area contributed by atoms with Crippen LogP contribution < -0.4 is 20.2 Å². The monoisotopic (exact) mass is 605 g/mol. The highest BCUT2D eigenvalue weighted by Crippen LogP contribution is 2.37. The molecule has 0 spiro atoms. The van der Waals surface area contributed by atoms with Gasteiger partial charge in [0.25, 0.3) is 5.91 Å². The van der Waals surface area contributed by atoms with E-state index in [1.165, 1.54) is 17.6 Å². The topological polar surface area (TPSA) is 89.0 Å². The maximum absolute atomic E-state index is 12.6. The number of nitrogens with one attached hydrogen (secondary N) is 2. The molecule has 39 heavy (non-hydrogen) atoms. The predicted molar refractivity (Wildman–Crippen MR) is 159 cm³/mol. The molecule has 1 aromatic heterocycles. The molecule has 4 rings (SSSR count). The van der Waals surface area contributed by atoms with Gasteiger partial charge in [-0.1, -0.05) is 30.3 Å². The number of hydrazone groups is 1. The van der Waals surface area contributed by atoms with Crippen molar-refractivity contribution in [1.82, 2.24) is 5.43 Å². The number of hydrogen-bond donors (Lipinski definition) is 2. The van der Waals surface area contributed by atoms with Gasteiger partial charge in [-0.05, 0) is 94.3 Å². The van der Waals surface area contributed by atoms with Gasteiger partial charge < -0.3 is 14.8 Å². The van der Waals surface area contributed by atoms with Crippen LogP contribution in [0.3, 0.4) is 0 Å². The maximum Gasteiger partial charge on any atom is 0.271 e. The van der Waals surface area contributed by atoms with Crippen molar-refractivity contribution in [3.05, 3.63) is 110 Å². The molecule has 7 nitrogen and oxygen atoms in total. The van der Waals surface area contributed by atoms with Gasteiger partial charge in [0.2, 0.25) is 5.91 Å². The molecule has 200 valence electrons. The van der Waals surface area contributed by atoms with Crippen LogP contribution in [0, 0.1) is 6.92 Å². The van der Waals surface area contributed by atoms with E-state index in [0.717, 1.165) is 21.6 Å². The summed E-state index contributed by atoms with van der Waals surface area (Å²) >= 11 is 5.11. The molecule has 9 heteroatoms. The van der Waals surface area contributed by atoms with Crippen LogP contribution in [0.1, 0.15) is 38.8 Å². The van der Waals surface area contributed by atoms with Gasteiger partial charge in [0.05, 0.1) is 23.7 Å². The third kappa shape index (κ3) is 8.02. The Morgan fingerprint density at radius 2 is 1.82 bits per heavy atom. The minimum absolute atomic E-state index is 0.108. The summed E-state index contributed by atoms with van der Waals surface area (Å²) in [5, 5.41) is 8.87. The summed E-state index contributed by atoms with van der Waals surface area (Å²) < 4.78 is 12.6. The Kier molecular flexibility index (Phi) is 9.88. The van der Waals surface area contributed by atoms with E-state index >= 15 is 0 Å². The van der Waals surface area contributed by atoms with Crippen molar-refractivity contribution < 1.29 is 19.1 Å². The summed E-state index contributed by atoms with van der Waals surface area (Å²) in [6.45, 7) is 4.83. The summed E-state index contributed by atoms with van der Waals surface area (Å²) in [6, 6.07) is 22.2. The quantitative estimate of drug-likeness (QED) is 0.146. The van der Waals surface area contributed by atoms with Gasteiger partial charge in [-0.2, -0.15) is 5.10 Å². The lowest BCUT2D eigenvalue weighted by molar-refractivity contribution is -0.115. The van der Waals surface area contributed by atoms with Crippen molar-refractivity contribution in [2.75, 3.05) is 11.9 Å². The predicted octanol–water partition coefficient (Wildman–Crippen LogP) is 6.74. The smallest absolute Gasteiger partial charge is 0.271 e. The van der Waals surface area contributed by atoms with E-state index in [9.17, 15) is 9.59 Å². The number of carbonyl (C=O) groups is 2. The molecule has 0 saturated heterocycles. The molecule has 0 atom stereocenters. The zero-order valence-corrected chi connectivity index (χ0v) is 24.0. The van der Waals surface area contributed by atoms with Crippen LogP contribution in [0.15, 0.2) is 87.8 Å². The molecular formula is C30H28BrN3O4S. The van der Waals surface area contributed by atoms with E-state index in [1.807, 2.05) is 67.8 Å². The Bertz CT molecular complexity index is 1450. The van der Waals surface area contributed by atoms with Crippen molar-refractivity contribution in [2.45, 2.75) is 26.9 Å². The van der Waals surface area contributed by atoms with Crippen LogP contribution in [-0.2, 0) is 17.8 Å². The number of aryl methyl sites for hydroxylation is 1. The lowest BCUT2D eigenvalue weighted by Crippen LogP contribution is -2.18. The minimum Gasteiger partial charge on any atom is -0.490 e. The van der Waals surface area contributed by atoms with E-state index in [2.05, 4.69) is 31.8 Å². The van der Waals surface area contributed by atoms with E-state index < -0.39 is 0 Å². The Labute approximate surface area is 240 Å². The minimum atomic E-state index is -0.370. The average Bonchev–Trinajstić information content (AvgIpc) is 3.42. The first-order chi connectivity index (χ1) is 18.9. The number of thiophene rings is 1. The number of halogens is 1. The Balaban J connectivity index is 1.35. The van der Waals surface area contributed by atoms with E-state index in [1.54, 1.807) is 24.3 Å². The number of benzene rings is 3. The summed E-state index contributed by atoms with van der Waals surface area (Å²) in [4.78, 5) is 25.7. The van der Waals surface area contributed by atoms with Crippen molar-refractivity contribution in [3.8, 4) is 11.5 Å². The van der Waals surface area contributed by atoms with Crippen LogP contribution in [-0.4, -0.2) is 24.6 Å². The standard InChI is InChI=1S/C30H28BrN3O4S/c1-3-37-27-16-21(15-26(31)29(27)38-19-23-8-5-4-7-20(23)2)18-32-34-30(36)22-10-12-24(13-11-22)33-28(35)17-25-9-6-14-39-25/h4-16,18H,3,17,19H2,1-2H3,(H,33,35)(H,34,36)/b32-18+. The highest BCUT2D eigenvalue weighted by Gasteiger charge is 2.13. The van der Waals surface area contributed by atoms with Gasteiger partial charge in [-0.3, -0.25) is 9.59 Å². The average molecular weight is 607 g/mol. The van der Waals surface area contributed by atoms with Gasteiger partial charge in [-0.25, -0.2) is 5.43 Å². The summed E-state index contributed by atoms with van der Waals surface area (Å²) in [6.07, 6.45) is 1.85. The normalized spacial score (nSPS) is 10.8. The lowest BCUT2D eigenvalue weighted by Gasteiger charge is -2.15. The van der Waals surface area contributed by atoms with Gasteiger partial charge in [-0.15, -0.1) is 11.3 Å². The van der Waals surface area contributed by atoms with Gasteiger partial charge in [0.1, 0.15) is 6.61 Å². The Morgan fingerprint density at radius 1 is 1.03 bits per heavy atom. The van der Waals surface area contributed by atoms with Crippen LogP contribution in [0.25, 0.3) is 0 Å². The maximum atomic E-state index is 12.6. The molecule has 0 radical (unpaired) electrons. The first-order valence-corrected chi connectivity index (χ1v) is 14.0. The molecule has 0 fully saturated rings. The molecule has 4 aromatic rings. The lowest BCUT2D eigenvalue weighted by atomic mass is 10.1. The number of rotatable bonds is 11. The second-order valence-corrected chi connectivity index (χ2v) is 10.4. The molecule has 0 bridgehead atoms. The van der Waals surface area contributed by atoms with Crippen LogP contribution in [0.4, 0.5) is 5.69 Å². The van der Waals surface area contributed by atoms with Gasteiger partial charge in [0.15, 0.2) is 11.5 Å². The van der Waals surface area contributed by atoms with Crippen molar-refractivity contribution >= 4 is 51.0 Å². The van der Waals surface area contributed by atoms with E-state index in [0.29, 0.717) is 46.9 Å². The molecule has 0 aliphatic carbocycles. The van der Waals surface area contributed by atoms with E-state index in [-0.39, 0.29) is 11.8 Å². The number of hydrogen-bond acceptors (Lipinski definition) is 6. The second-order valence-electron chi connectivity index (χ2n) is 8.56. The van der Waals surface area contributed by atoms with Crippen LogP contribution >= 0.6 is 27.3 Å². The van der Waals surface area contributed by atoms with Crippen LogP contribution in [0.2, 0.25) is 0 Å². The number of amides is 2. The summed E-state index contributed by atoms with van der Waals surface area (Å²) in [5.41, 5.74) is 6.53. The highest BCUT2D eigenvalue weighted by molar-refractivity contribution is 9.10. The fourth-order valence-electron chi connectivity index (χ4n) is 3.70. The molecule has 0 aliphatic rings. The zero-order chi connectivity index (χ0) is 27.6. The fraction of sp³-hybridized carbons (Fsp3) is 0.167. The Morgan fingerprint density at radius 3 is 2.54 bits per heavy atom. The SMILES string of the molecule is CCOc1cc(/C=N/NC(=O)c2ccc(NC(=O)Cc3cccs3)cc2)cc(Br)c1OCc1ccccc1C. The molecule has 1 heterocycles. The fourth-order valence-corrected chi connectivity index (χ4v) is 4.98. The third-order valence-corrected chi connectivity index (χ3v) is 7.16. The number of anilines is 1. The largest absolute Gasteiger partial charge is 0.490 e. The second kappa shape index (κ2) is 13.7. The number of nitrogens with zero attached hydrogens (tertiary/aromatic N) is 1. The first kappa shape index (κ1) is 28.1. The van der Waals surface area contributed by atoms with E-state index in [4.69, 9.17) is 9.47 Å². The number of ether oxygens (including phenoxy) is 2. The number of carbonyl (C=O) groups excluding carboxylic acids is 2. The highest BCUT2D eigenvalue weighted by atomic mass is 79.9. The molecule has 3 aromatic carbocycles. The summed E-state index contributed by atoms with van der Waals surface area (Å²) in [5.74, 6) is 0.697. The molecule has 2 N–H and O–H groups in total. The van der Waals surface area contributed by atoms with Gasteiger partial charge >= 0.3 is 0 Å². The van der Waals surface area contributed by atoms with Crippen LogP contribution in [0.5, 0.6) is 11.5 Å². The van der Waals surface area contributed by atoms with Gasteiger partial charge in [0, 0.05) is 16.1 Å². The molecule has 0 aliphatic heterocycles. The molecular weight excluding hydrogens is 578 g/mol. The van der Waals surface area contributed by atoms with Crippen molar-refractivity contribution in [3.63, 3.8) is 0 Å². The Hall–Kier alpha value is -3.95. The first-order valence-electron chi connectivity index (χ1n) is 12.3. The molecule has 0 unspecified atom stereocenters. The molecule has 2 amide bonds. The molecule has 0 saturated carbocycles.